The van der Waals surface area contributed by atoms with Gasteiger partial charge >= 0.3 is 0 Å². The molecule has 3 unspecified atom stereocenters. The quantitative estimate of drug-likeness (QED) is 0.829. The minimum absolute atomic E-state index is 0.346. The number of hydrogen-bond acceptors (Lipinski definition) is 3. The predicted molar refractivity (Wildman–Crippen MR) is 80.0 cm³/mol. The van der Waals surface area contributed by atoms with Gasteiger partial charge in [-0.05, 0) is 46.3 Å². The van der Waals surface area contributed by atoms with Crippen LogP contribution in [0.15, 0.2) is 0 Å². The van der Waals surface area contributed by atoms with Crippen molar-refractivity contribution in [2.24, 2.45) is 5.41 Å². The van der Waals surface area contributed by atoms with Crippen LogP contribution in [-0.2, 0) is 0 Å². The molecule has 18 heavy (non-hydrogen) atoms. The Morgan fingerprint density at radius 3 is 2.06 bits per heavy atom. The van der Waals surface area contributed by atoms with Crippen LogP contribution in [0.4, 0.5) is 0 Å². The van der Waals surface area contributed by atoms with Crippen molar-refractivity contribution in [1.82, 2.24) is 15.1 Å². The van der Waals surface area contributed by atoms with E-state index < -0.39 is 0 Å². The normalized spacial score (nSPS) is 29.5. The molecule has 0 bridgehead atoms. The summed E-state index contributed by atoms with van der Waals surface area (Å²) >= 11 is 0. The molecule has 1 N–H and O–H groups in total. The predicted octanol–water partition coefficient (Wildman–Crippen LogP) is 2.03. The highest BCUT2D eigenvalue weighted by Crippen LogP contribution is 2.22. The lowest BCUT2D eigenvalue weighted by molar-refractivity contribution is 0.0550. The molecule has 0 aromatic heterocycles. The maximum atomic E-state index is 3.48. The Labute approximate surface area is 114 Å². The van der Waals surface area contributed by atoms with E-state index in [0.717, 1.165) is 0 Å². The van der Waals surface area contributed by atoms with E-state index in [4.69, 9.17) is 0 Å². The van der Waals surface area contributed by atoms with Crippen molar-refractivity contribution in [3.05, 3.63) is 0 Å². The van der Waals surface area contributed by atoms with Gasteiger partial charge in [-0.3, -0.25) is 4.90 Å². The molecule has 3 nitrogen and oxygen atoms in total. The first-order valence-corrected chi connectivity index (χ1v) is 7.37. The SMILES string of the molecule is CNC(CCN1CC(C)N(C)C(C)C1)C(C)(C)C. The third kappa shape index (κ3) is 4.22. The highest BCUT2D eigenvalue weighted by molar-refractivity contribution is 4.85. The molecule has 0 spiro atoms. The van der Waals surface area contributed by atoms with Crippen LogP contribution in [0.25, 0.3) is 0 Å². The van der Waals surface area contributed by atoms with Crippen molar-refractivity contribution >= 4 is 0 Å². The number of likely N-dealkylation sites (N-methyl/N-ethyl adjacent to an activating group) is 1. The van der Waals surface area contributed by atoms with Gasteiger partial charge in [0.1, 0.15) is 0 Å². The van der Waals surface area contributed by atoms with Crippen molar-refractivity contribution in [2.45, 2.75) is 59.2 Å². The zero-order chi connectivity index (χ0) is 13.9. The van der Waals surface area contributed by atoms with E-state index in [-0.39, 0.29) is 0 Å². The van der Waals surface area contributed by atoms with E-state index in [0.29, 0.717) is 23.5 Å². The number of nitrogens with one attached hydrogen (secondary N) is 1. The lowest BCUT2D eigenvalue weighted by atomic mass is 9.84. The second-order valence-electron chi connectivity index (χ2n) is 7.12. The van der Waals surface area contributed by atoms with Crippen LogP contribution in [0.1, 0.15) is 41.0 Å². The second-order valence-corrected chi connectivity index (χ2v) is 7.12. The van der Waals surface area contributed by atoms with Gasteiger partial charge in [0, 0.05) is 31.2 Å². The highest BCUT2D eigenvalue weighted by atomic mass is 15.3. The first kappa shape index (κ1) is 15.9. The zero-order valence-corrected chi connectivity index (χ0v) is 13.5. The summed E-state index contributed by atoms with van der Waals surface area (Å²) in [7, 11) is 4.34. The number of nitrogens with zero attached hydrogens (tertiary/aromatic N) is 2. The summed E-state index contributed by atoms with van der Waals surface area (Å²) in [5.74, 6) is 0. The van der Waals surface area contributed by atoms with Gasteiger partial charge in [0.05, 0.1) is 0 Å². The molecule has 1 rings (SSSR count). The molecule has 1 aliphatic rings. The molecule has 0 saturated carbocycles. The molecule has 3 heteroatoms. The maximum absolute atomic E-state index is 3.48. The number of piperazine rings is 1. The summed E-state index contributed by atoms with van der Waals surface area (Å²) in [4.78, 5) is 5.13. The van der Waals surface area contributed by atoms with Gasteiger partial charge in [0.2, 0.25) is 0 Å². The fraction of sp³-hybridized carbons (Fsp3) is 1.00. The maximum Gasteiger partial charge on any atom is 0.0195 e. The zero-order valence-electron chi connectivity index (χ0n) is 13.5. The largest absolute Gasteiger partial charge is 0.316 e. The second kappa shape index (κ2) is 6.36. The van der Waals surface area contributed by atoms with Crippen LogP contribution in [-0.4, -0.2) is 61.7 Å². The highest BCUT2D eigenvalue weighted by Gasteiger charge is 2.28. The van der Waals surface area contributed by atoms with Crippen LogP contribution in [0.2, 0.25) is 0 Å². The summed E-state index contributed by atoms with van der Waals surface area (Å²) in [5, 5.41) is 3.48. The molecule has 1 aliphatic heterocycles. The monoisotopic (exact) mass is 255 g/mol. The van der Waals surface area contributed by atoms with Crippen molar-refractivity contribution < 1.29 is 0 Å². The minimum Gasteiger partial charge on any atom is -0.316 e. The summed E-state index contributed by atoms with van der Waals surface area (Å²) in [6.07, 6.45) is 1.24. The average molecular weight is 255 g/mol. The van der Waals surface area contributed by atoms with Crippen LogP contribution < -0.4 is 5.32 Å². The van der Waals surface area contributed by atoms with Crippen molar-refractivity contribution in [2.75, 3.05) is 33.7 Å². The minimum atomic E-state index is 0.346. The number of rotatable bonds is 4. The topological polar surface area (TPSA) is 18.5 Å². The summed E-state index contributed by atoms with van der Waals surface area (Å²) < 4.78 is 0. The van der Waals surface area contributed by atoms with Gasteiger partial charge in [-0.25, -0.2) is 0 Å². The number of hydrogen-bond donors (Lipinski definition) is 1. The summed E-state index contributed by atoms with van der Waals surface area (Å²) in [6, 6.07) is 1.95. The van der Waals surface area contributed by atoms with E-state index >= 15 is 0 Å². The molecular weight excluding hydrogens is 222 g/mol. The first-order valence-electron chi connectivity index (χ1n) is 7.37. The summed E-state index contributed by atoms with van der Waals surface area (Å²) in [6.45, 7) is 15.3. The fourth-order valence-electron chi connectivity index (χ4n) is 3.02. The Bertz CT molecular complexity index is 235. The van der Waals surface area contributed by atoms with Crippen LogP contribution >= 0.6 is 0 Å². The molecule has 1 fully saturated rings. The van der Waals surface area contributed by atoms with Crippen LogP contribution in [0.5, 0.6) is 0 Å². The molecule has 3 atom stereocenters. The lowest BCUT2D eigenvalue weighted by Crippen LogP contribution is -2.55. The van der Waals surface area contributed by atoms with Gasteiger partial charge in [0.15, 0.2) is 0 Å². The molecule has 0 amide bonds. The molecule has 1 heterocycles. The van der Waals surface area contributed by atoms with E-state index in [2.05, 4.69) is 63.8 Å². The third-order valence-corrected chi connectivity index (χ3v) is 4.56. The Balaban J connectivity index is 2.44. The Hall–Kier alpha value is -0.120. The third-order valence-electron chi connectivity index (χ3n) is 4.56. The van der Waals surface area contributed by atoms with Crippen LogP contribution in [0.3, 0.4) is 0 Å². The molecular formula is C15H33N3. The smallest absolute Gasteiger partial charge is 0.0195 e. The molecule has 108 valence electrons. The van der Waals surface area contributed by atoms with Crippen LogP contribution in [0, 0.1) is 5.41 Å². The molecule has 0 aromatic rings. The van der Waals surface area contributed by atoms with E-state index in [1.807, 2.05) is 0 Å². The Morgan fingerprint density at radius 2 is 1.67 bits per heavy atom. The van der Waals surface area contributed by atoms with Crippen molar-refractivity contribution in [1.29, 1.82) is 0 Å². The molecule has 0 aliphatic carbocycles. The van der Waals surface area contributed by atoms with Gasteiger partial charge in [0.25, 0.3) is 0 Å². The van der Waals surface area contributed by atoms with Gasteiger partial charge in [-0.15, -0.1) is 0 Å². The van der Waals surface area contributed by atoms with Crippen molar-refractivity contribution in [3.63, 3.8) is 0 Å². The first-order chi connectivity index (χ1) is 8.25. The Morgan fingerprint density at radius 1 is 1.17 bits per heavy atom. The molecule has 0 aromatic carbocycles. The Kier molecular flexibility index (Phi) is 5.63. The molecule has 0 radical (unpaired) electrons. The van der Waals surface area contributed by atoms with E-state index in [1.54, 1.807) is 0 Å². The van der Waals surface area contributed by atoms with Crippen molar-refractivity contribution in [3.8, 4) is 0 Å². The van der Waals surface area contributed by atoms with Gasteiger partial charge in [-0.1, -0.05) is 20.8 Å². The lowest BCUT2D eigenvalue weighted by Gasteiger charge is -2.43. The standard InChI is InChI=1S/C15H33N3/c1-12-10-18(11-13(2)17(12)7)9-8-14(16-6)15(3,4)5/h12-14,16H,8-11H2,1-7H3. The van der Waals surface area contributed by atoms with E-state index in [1.165, 1.54) is 26.1 Å². The van der Waals surface area contributed by atoms with E-state index in [9.17, 15) is 0 Å². The molecule has 1 saturated heterocycles. The van der Waals surface area contributed by atoms with Gasteiger partial charge < -0.3 is 10.2 Å². The average Bonchev–Trinajstić information content (AvgIpc) is 2.24. The fourth-order valence-corrected chi connectivity index (χ4v) is 3.02. The summed E-state index contributed by atoms with van der Waals surface area (Å²) in [5.41, 5.74) is 0.346. The van der Waals surface area contributed by atoms with Gasteiger partial charge in [-0.2, -0.15) is 0 Å².